The summed E-state index contributed by atoms with van der Waals surface area (Å²) in [5, 5.41) is 12.4. The van der Waals surface area contributed by atoms with E-state index in [4.69, 9.17) is 13.6 Å². The molecule has 0 unspecified atom stereocenters. The van der Waals surface area contributed by atoms with Crippen LogP contribution in [0.5, 0.6) is 11.5 Å². The SMILES string of the molecule is COc1ccc2c(c1)oc(=O)c1c2oc2ccc(O)c(CN3CCC(C)(C)CC3)c21. The zero-order chi connectivity index (χ0) is 21.0. The quantitative estimate of drug-likeness (QED) is 0.480. The van der Waals surface area contributed by atoms with E-state index in [9.17, 15) is 9.90 Å². The van der Waals surface area contributed by atoms with E-state index in [-0.39, 0.29) is 5.75 Å². The standard InChI is InChI=1S/C24H25NO5/c1-24(2)8-10-25(11-9-24)13-16-17(26)6-7-18-20(16)21-22(29-18)15-5-4-14(28-3)12-19(15)30-23(21)27/h4-7,12,26H,8-11,13H2,1-3H3. The molecule has 0 spiro atoms. The lowest BCUT2D eigenvalue weighted by molar-refractivity contribution is 0.126. The van der Waals surface area contributed by atoms with Gasteiger partial charge >= 0.3 is 5.63 Å². The van der Waals surface area contributed by atoms with Crippen LogP contribution in [0.25, 0.3) is 32.9 Å². The van der Waals surface area contributed by atoms with E-state index in [0.717, 1.165) is 25.9 Å². The first-order valence-corrected chi connectivity index (χ1v) is 10.3. The number of fused-ring (bicyclic) bond motifs is 5. The highest BCUT2D eigenvalue weighted by molar-refractivity contribution is 6.14. The third kappa shape index (κ3) is 3.03. The second kappa shape index (κ2) is 6.77. The Morgan fingerprint density at radius 3 is 2.57 bits per heavy atom. The smallest absolute Gasteiger partial charge is 0.348 e. The van der Waals surface area contributed by atoms with Crippen molar-refractivity contribution in [3.05, 3.63) is 46.3 Å². The van der Waals surface area contributed by atoms with E-state index in [1.54, 1.807) is 25.3 Å². The van der Waals surface area contributed by atoms with Crippen LogP contribution in [0.2, 0.25) is 0 Å². The maximum atomic E-state index is 12.9. The Bertz CT molecular complexity index is 1320. The van der Waals surface area contributed by atoms with Crippen molar-refractivity contribution >= 4 is 32.9 Å². The van der Waals surface area contributed by atoms with E-state index >= 15 is 0 Å². The predicted molar refractivity (Wildman–Crippen MR) is 116 cm³/mol. The molecule has 1 N–H and O–H groups in total. The fourth-order valence-electron chi connectivity index (χ4n) is 4.39. The minimum absolute atomic E-state index is 0.171. The van der Waals surface area contributed by atoms with Gasteiger partial charge in [-0.25, -0.2) is 4.79 Å². The molecule has 1 aliphatic rings. The van der Waals surface area contributed by atoms with Crippen molar-refractivity contribution in [1.29, 1.82) is 0 Å². The number of ether oxygens (including phenoxy) is 1. The van der Waals surface area contributed by atoms with Crippen LogP contribution < -0.4 is 10.4 Å². The van der Waals surface area contributed by atoms with Crippen LogP contribution in [0.4, 0.5) is 0 Å². The summed E-state index contributed by atoms with van der Waals surface area (Å²) >= 11 is 0. The minimum Gasteiger partial charge on any atom is -0.508 e. The molecule has 1 saturated heterocycles. The molecular weight excluding hydrogens is 382 g/mol. The Morgan fingerprint density at radius 2 is 1.83 bits per heavy atom. The van der Waals surface area contributed by atoms with Gasteiger partial charge in [0, 0.05) is 23.6 Å². The lowest BCUT2D eigenvalue weighted by atomic mass is 9.82. The van der Waals surface area contributed by atoms with Crippen molar-refractivity contribution in [2.75, 3.05) is 20.2 Å². The second-order valence-electron chi connectivity index (χ2n) is 8.93. The van der Waals surface area contributed by atoms with Crippen LogP contribution in [0, 0.1) is 5.41 Å². The number of rotatable bonds is 3. The second-order valence-corrected chi connectivity index (χ2v) is 8.93. The molecule has 30 heavy (non-hydrogen) atoms. The van der Waals surface area contributed by atoms with Gasteiger partial charge in [0.1, 0.15) is 28.1 Å². The number of methoxy groups -OCH3 is 1. The molecule has 6 nitrogen and oxygen atoms in total. The molecule has 1 fully saturated rings. The van der Waals surface area contributed by atoms with Crippen LogP contribution in [-0.4, -0.2) is 30.2 Å². The predicted octanol–water partition coefficient (Wildman–Crippen LogP) is 5.03. The number of hydrogen-bond acceptors (Lipinski definition) is 6. The van der Waals surface area contributed by atoms with Crippen molar-refractivity contribution in [1.82, 2.24) is 4.90 Å². The monoisotopic (exact) mass is 407 g/mol. The van der Waals surface area contributed by atoms with E-state index in [2.05, 4.69) is 18.7 Å². The highest BCUT2D eigenvalue weighted by Gasteiger charge is 2.27. The Hall–Kier alpha value is -2.99. The third-order valence-electron chi connectivity index (χ3n) is 6.37. The normalized spacial score (nSPS) is 17.2. The van der Waals surface area contributed by atoms with Crippen LogP contribution in [0.1, 0.15) is 32.3 Å². The van der Waals surface area contributed by atoms with Gasteiger partial charge in [0.15, 0.2) is 5.58 Å². The van der Waals surface area contributed by atoms with Crippen molar-refractivity contribution in [3.8, 4) is 11.5 Å². The molecule has 4 aromatic rings. The lowest BCUT2D eigenvalue weighted by Crippen LogP contribution is -2.36. The van der Waals surface area contributed by atoms with Gasteiger partial charge in [-0.3, -0.25) is 4.90 Å². The first-order valence-electron chi connectivity index (χ1n) is 10.3. The molecule has 0 saturated carbocycles. The summed E-state index contributed by atoms with van der Waals surface area (Å²) < 4.78 is 16.9. The molecule has 6 heteroatoms. The lowest BCUT2D eigenvalue weighted by Gasteiger charge is -2.37. The van der Waals surface area contributed by atoms with Gasteiger partial charge in [-0.1, -0.05) is 13.8 Å². The first kappa shape index (κ1) is 19.0. The molecule has 1 aliphatic heterocycles. The van der Waals surface area contributed by atoms with Crippen LogP contribution in [-0.2, 0) is 6.54 Å². The van der Waals surface area contributed by atoms with Crippen LogP contribution >= 0.6 is 0 Å². The molecule has 5 rings (SSSR count). The van der Waals surface area contributed by atoms with Gasteiger partial charge in [-0.2, -0.15) is 0 Å². The van der Waals surface area contributed by atoms with E-state index < -0.39 is 5.63 Å². The first-order chi connectivity index (χ1) is 14.4. The van der Waals surface area contributed by atoms with Crippen molar-refractivity contribution < 1.29 is 18.7 Å². The third-order valence-corrected chi connectivity index (χ3v) is 6.37. The Morgan fingerprint density at radius 1 is 1.07 bits per heavy atom. The number of hydrogen-bond donors (Lipinski definition) is 1. The Kier molecular flexibility index (Phi) is 4.29. The number of nitrogens with zero attached hydrogens (tertiary/aromatic N) is 1. The maximum absolute atomic E-state index is 12.9. The average molecular weight is 407 g/mol. The van der Waals surface area contributed by atoms with Crippen LogP contribution in [0.15, 0.2) is 44.0 Å². The molecule has 0 radical (unpaired) electrons. The number of aromatic hydroxyl groups is 1. The molecule has 0 atom stereocenters. The Balaban J connectivity index is 1.70. The highest BCUT2D eigenvalue weighted by Crippen LogP contribution is 2.39. The zero-order valence-electron chi connectivity index (χ0n) is 17.4. The number of furan rings is 1. The topological polar surface area (TPSA) is 76.0 Å². The van der Waals surface area contributed by atoms with Crippen LogP contribution in [0.3, 0.4) is 0 Å². The largest absolute Gasteiger partial charge is 0.508 e. The van der Waals surface area contributed by atoms with Gasteiger partial charge < -0.3 is 18.7 Å². The van der Waals surface area contributed by atoms with E-state index in [1.165, 1.54) is 0 Å². The summed E-state index contributed by atoms with van der Waals surface area (Å²) in [7, 11) is 1.57. The van der Waals surface area contributed by atoms with Crippen molar-refractivity contribution in [2.24, 2.45) is 5.41 Å². The van der Waals surface area contributed by atoms with Gasteiger partial charge in [0.2, 0.25) is 0 Å². The molecule has 0 aliphatic carbocycles. The average Bonchev–Trinajstić information content (AvgIpc) is 3.11. The highest BCUT2D eigenvalue weighted by atomic mass is 16.5. The number of phenols is 1. The zero-order valence-corrected chi connectivity index (χ0v) is 17.4. The molecule has 2 aromatic carbocycles. The van der Waals surface area contributed by atoms with Crippen molar-refractivity contribution in [3.63, 3.8) is 0 Å². The van der Waals surface area contributed by atoms with E-state index in [1.807, 2.05) is 12.1 Å². The summed E-state index contributed by atoms with van der Waals surface area (Å²) in [4.78, 5) is 15.3. The van der Waals surface area contributed by atoms with Gasteiger partial charge in [0.25, 0.3) is 0 Å². The molecule has 0 amide bonds. The summed E-state index contributed by atoms with van der Waals surface area (Å²) in [6.07, 6.45) is 2.20. The number of likely N-dealkylation sites (tertiary alicyclic amines) is 1. The summed E-state index contributed by atoms with van der Waals surface area (Å²) in [5.74, 6) is 0.775. The fraction of sp³-hybridized carbons (Fsp3) is 0.375. The van der Waals surface area contributed by atoms with E-state index in [0.29, 0.717) is 56.2 Å². The summed E-state index contributed by atoms with van der Waals surface area (Å²) in [6.45, 7) is 7.05. The number of benzene rings is 2. The molecule has 0 bridgehead atoms. The van der Waals surface area contributed by atoms with Gasteiger partial charge in [-0.15, -0.1) is 0 Å². The molecule has 2 aromatic heterocycles. The summed E-state index contributed by atoms with van der Waals surface area (Å²) in [5.41, 5.74) is 2.04. The minimum atomic E-state index is -0.476. The molecular formula is C24H25NO5. The van der Waals surface area contributed by atoms with Gasteiger partial charge in [0.05, 0.1) is 12.5 Å². The Labute approximate surface area is 173 Å². The number of piperidine rings is 1. The molecule has 3 heterocycles. The fourth-order valence-corrected chi connectivity index (χ4v) is 4.39. The number of phenolic OH excluding ortho intramolecular Hbond substituents is 1. The van der Waals surface area contributed by atoms with Gasteiger partial charge in [-0.05, 0) is 55.6 Å². The maximum Gasteiger partial charge on any atom is 0.348 e. The molecule has 156 valence electrons. The van der Waals surface area contributed by atoms with Crippen molar-refractivity contribution in [2.45, 2.75) is 33.2 Å². The summed E-state index contributed by atoms with van der Waals surface area (Å²) in [6, 6.07) is 8.66.